The topological polar surface area (TPSA) is 83.6 Å². The lowest BCUT2D eigenvalue weighted by Crippen LogP contribution is -2.27. The third-order valence-corrected chi connectivity index (χ3v) is 5.60. The van der Waals surface area contributed by atoms with Gasteiger partial charge in [0.05, 0.1) is 17.0 Å². The maximum absolute atomic E-state index is 12.7. The Kier molecular flexibility index (Phi) is 5.28. The molecule has 4 rings (SSSR count). The number of aromatic nitrogens is 1. The number of carboxylic acid groups (broad SMARTS) is 1. The number of hydrogen-bond donors (Lipinski definition) is 1. The minimum Gasteiger partial charge on any atom is -0.478 e. The second-order valence-corrected chi connectivity index (χ2v) is 7.87. The molecule has 144 valence electrons. The van der Waals surface area contributed by atoms with Crippen molar-refractivity contribution in [2.45, 2.75) is 6.54 Å². The van der Waals surface area contributed by atoms with Crippen LogP contribution in [0, 0.1) is 0 Å². The van der Waals surface area contributed by atoms with Gasteiger partial charge in [-0.1, -0.05) is 54.3 Å². The first-order chi connectivity index (χ1) is 14.0. The summed E-state index contributed by atoms with van der Waals surface area (Å²) in [6.45, 7) is 0.423. The molecule has 0 atom stereocenters. The molecule has 1 aromatic carbocycles. The molecular weight excluding hydrogens is 408 g/mol. The van der Waals surface area contributed by atoms with Crippen molar-refractivity contribution < 1.29 is 19.1 Å². The van der Waals surface area contributed by atoms with Gasteiger partial charge in [-0.3, -0.25) is 14.7 Å². The summed E-state index contributed by atoms with van der Waals surface area (Å²) in [5.74, 6) is -0.232. The number of benzene rings is 1. The van der Waals surface area contributed by atoms with Crippen LogP contribution in [-0.2, 0) is 11.3 Å². The fourth-order valence-corrected chi connectivity index (χ4v) is 4.00. The van der Waals surface area contributed by atoms with Gasteiger partial charge in [0.2, 0.25) is 0 Å². The van der Waals surface area contributed by atoms with Crippen LogP contribution in [-0.4, -0.2) is 31.2 Å². The minimum atomic E-state index is -1.04. The number of furan rings is 1. The minimum absolute atomic E-state index is 0.0996. The number of carboxylic acids is 1. The molecule has 0 spiro atoms. The summed E-state index contributed by atoms with van der Waals surface area (Å²) in [4.78, 5) is 29.8. The summed E-state index contributed by atoms with van der Waals surface area (Å²) in [6, 6.07) is 16.1. The number of hydrogen-bond acceptors (Lipinski definition) is 6. The first-order valence-electron chi connectivity index (χ1n) is 8.60. The number of thioether (sulfide) groups is 1. The molecule has 1 aliphatic heterocycles. The van der Waals surface area contributed by atoms with Crippen LogP contribution in [0.1, 0.15) is 21.7 Å². The SMILES string of the molecule is O=C(O)c1ccc(-c2ccc(C=C3SC(=S)N(Cc4ccccc4)C3=O)o2)nc1. The van der Waals surface area contributed by atoms with E-state index in [2.05, 4.69) is 4.98 Å². The first-order valence-corrected chi connectivity index (χ1v) is 9.82. The Morgan fingerprint density at radius 1 is 1.17 bits per heavy atom. The number of nitrogens with zero attached hydrogens (tertiary/aromatic N) is 2. The second kappa shape index (κ2) is 8.02. The molecule has 2 aromatic heterocycles. The highest BCUT2D eigenvalue weighted by Gasteiger charge is 2.32. The molecule has 0 bridgehead atoms. The van der Waals surface area contributed by atoms with Gasteiger partial charge in [-0.2, -0.15) is 0 Å². The highest BCUT2D eigenvalue weighted by atomic mass is 32.2. The Labute approximate surface area is 175 Å². The summed E-state index contributed by atoms with van der Waals surface area (Å²) in [5.41, 5.74) is 1.61. The lowest BCUT2D eigenvalue weighted by atomic mass is 10.2. The van der Waals surface area contributed by atoms with Crippen LogP contribution in [0.2, 0.25) is 0 Å². The summed E-state index contributed by atoms with van der Waals surface area (Å²) in [5, 5.41) is 8.95. The molecule has 1 N–H and O–H groups in total. The van der Waals surface area contributed by atoms with Gasteiger partial charge in [-0.15, -0.1) is 0 Å². The lowest BCUT2D eigenvalue weighted by Gasteiger charge is -2.14. The van der Waals surface area contributed by atoms with E-state index in [1.165, 1.54) is 24.0 Å². The lowest BCUT2D eigenvalue weighted by molar-refractivity contribution is -0.122. The van der Waals surface area contributed by atoms with Crippen molar-refractivity contribution in [3.05, 3.63) is 82.6 Å². The summed E-state index contributed by atoms with van der Waals surface area (Å²) in [6.07, 6.45) is 2.92. The van der Waals surface area contributed by atoms with Crippen molar-refractivity contribution >= 4 is 46.3 Å². The van der Waals surface area contributed by atoms with Gasteiger partial charge in [-0.05, 0) is 29.8 Å². The van der Waals surface area contributed by atoms with E-state index < -0.39 is 5.97 Å². The van der Waals surface area contributed by atoms with Gasteiger partial charge in [0, 0.05) is 12.3 Å². The molecule has 0 radical (unpaired) electrons. The first kappa shape index (κ1) is 19.1. The van der Waals surface area contributed by atoms with E-state index in [0.29, 0.717) is 33.0 Å². The summed E-state index contributed by atoms with van der Waals surface area (Å²) < 4.78 is 6.26. The average molecular weight is 422 g/mol. The molecule has 29 heavy (non-hydrogen) atoms. The van der Waals surface area contributed by atoms with E-state index >= 15 is 0 Å². The van der Waals surface area contributed by atoms with E-state index in [0.717, 1.165) is 5.56 Å². The molecule has 0 saturated carbocycles. The van der Waals surface area contributed by atoms with E-state index in [1.807, 2.05) is 30.3 Å². The van der Waals surface area contributed by atoms with Crippen LogP contribution >= 0.6 is 24.0 Å². The average Bonchev–Trinajstić information content (AvgIpc) is 3.29. The smallest absolute Gasteiger partial charge is 0.337 e. The predicted octanol–water partition coefficient (Wildman–Crippen LogP) is 4.44. The Hall–Kier alpha value is -3.23. The maximum atomic E-state index is 12.7. The van der Waals surface area contributed by atoms with Crippen molar-refractivity contribution in [1.29, 1.82) is 0 Å². The van der Waals surface area contributed by atoms with Gasteiger partial charge in [0.1, 0.15) is 15.8 Å². The number of amides is 1. The van der Waals surface area contributed by atoms with E-state index in [9.17, 15) is 9.59 Å². The van der Waals surface area contributed by atoms with E-state index in [-0.39, 0.29) is 11.5 Å². The van der Waals surface area contributed by atoms with Crippen LogP contribution in [0.5, 0.6) is 0 Å². The number of rotatable bonds is 5. The van der Waals surface area contributed by atoms with Gasteiger partial charge in [0.15, 0.2) is 5.76 Å². The zero-order valence-electron chi connectivity index (χ0n) is 14.9. The Balaban J connectivity index is 1.52. The highest BCUT2D eigenvalue weighted by Crippen LogP contribution is 2.34. The monoisotopic (exact) mass is 422 g/mol. The zero-order chi connectivity index (χ0) is 20.4. The summed E-state index contributed by atoms with van der Waals surface area (Å²) in [7, 11) is 0. The molecule has 0 unspecified atom stereocenters. The van der Waals surface area contributed by atoms with Crippen LogP contribution in [0.25, 0.3) is 17.5 Å². The number of carbonyl (C=O) groups is 2. The molecule has 3 aromatic rings. The highest BCUT2D eigenvalue weighted by molar-refractivity contribution is 8.26. The number of aromatic carboxylic acids is 1. The van der Waals surface area contributed by atoms with Crippen molar-refractivity contribution in [3.63, 3.8) is 0 Å². The Morgan fingerprint density at radius 2 is 1.97 bits per heavy atom. The molecule has 1 aliphatic rings. The third kappa shape index (κ3) is 4.13. The van der Waals surface area contributed by atoms with Crippen molar-refractivity contribution in [1.82, 2.24) is 9.88 Å². The normalized spacial score (nSPS) is 15.3. The van der Waals surface area contributed by atoms with E-state index in [4.69, 9.17) is 21.7 Å². The van der Waals surface area contributed by atoms with Gasteiger partial charge in [-0.25, -0.2) is 4.79 Å². The van der Waals surface area contributed by atoms with Crippen LogP contribution in [0.4, 0.5) is 0 Å². The van der Waals surface area contributed by atoms with Gasteiger partial charge < -0.3 is 9.52 Å². The van der Waals surface area contributed by atoms with Crippen molar-refractivity contribution in [3.8, 4) is 11.5 Å². The van der Waals surface area contributed by atoms with E-state index in [1.54, 1.807) is 29.2 Å². The molecule has 0 aliphatic carbocycles. The summed E-state index contributed by atoms with van der Waals surface area (Å²) >= 11 is 6.60. The Morgan fingerprint density at radius 3 is 2.66 bits per heavy atom. The van der Waals surface area contributed by atoms with Crippen LogP contribution in [0.15, 0.2) is 70.1 Å². The van der Waals surface area contributed by atoms with Crippen LogP contribution < -0.4 is 0 Å². The molecule has 6 nitrogen and oxygen atoms in total. The van der Waals surface area contributed by atoms with Crippen molar-refractivity contribution in [2.75, 3.05) is 0 Å². The second-order valence-electron chi connectivity index (χ2n) is 6.19. The standard InChI is InChI=1S/C21H14N2O4S2/c24-19-18(29-21(28)23(19)12-13-4-2-1-3-5-13)10-15-7-9-17(27-15)16-8-6-14(11-22-16)20(25)26/h1-11H,12H2,(H,25,26). The molecule has 1 fully saturated rings. The van der Waals surface area contributed by atoms with Crippen LogP contribution in [0.3, 0.4) is 0 Å². The number of carbonyl (C=O) groups excluding carboxylic acids is 1. The molecule has 8 heteroatoms. The number of thiocarbonyl (C=S) groups is 1. The fourth-order valence-electron chi connectivity index (χ4n) is 2.77. The maximum Gasteiger partial charge on any atom is 0.337 e. The van der Waals surface area contributed by atoms with Crippen molar-refractivity contribution in [2.24, 2.45) is 0 Å². The molecule has 3 heterocycles. The zero-order valence-corrected chi connectivity index (χ0v) is 16.6. The third-order valence-electron chi connectivity index (χ3n) is 4.22. The van der Waals surface area contributed by atoms with Gasteiger partial charge in [0.25, 0.3) is 5.91 Å². The number of pyridine rings is 1. The predicted molar refractivity (Wildman–Crippen MR) is 114 cm³/mol. The quantitative estimate of drug-likeness (QED) is 0.481. The van der Waals surface area contributed by atoms with Gasteiger partial charge >= 0.3 is 5.97 Å². The molecule has 1 amide bonds. The molecular formula is C21H14N2O4S2. The molecule has 1 saturated heterocycles. The Bertz CT molecular complexity index is 1120. The fraction of sp³-hybridized carbons (Fsp3) is 0.0476. The largest absolute Gasteiger partial charge is 0.478 e.